The molecule has 3 rings (SSSR count). The minimum absolute atomic E-state index is 0.0666. The third kappa shape index (κ3) is 1.97. The van der Waals surface area contributed by atoms with Crippen molar-refractivity contribution in [2.45, 2.75) is 25.7 Å². The van der Waals surface area contributed by atoms with Crippen molar-refractivity contribution in [3.8, 4) is 5.69 Å². The van der Waals surface area contributed by atoms with Gasteiger partial charge >= 0.3 is 0 Å². The van der Waals surface area contributed by atoms with Crippen LogP contribution in [0.25, 0.3) is 5.69 Å². The van der Waals surface area contributed by atoms with Crippen LogP contribution in [-0.2, 0) is 12.8 Å². The number of nitrogens with zero attached hydrogens (tertiary/aromatic N) is 1. The molecule has 0 saturated carbocycles. The van der Waals surface area contributed by atoms with Crippen molar-refractivity contribution in [2.75, 3.05) is 0 Å². The van der Waals surface area contributed by atoms with Crippen molar-refractivity contribution in [3.05, 3.63) is 51.4 Å². The highest BCUT2D eigenvalue weighted by atomic mass is 16.4. The molecule has 1 aromatic heterocycles. The summed E-state index contributed by atoms with van der Waals surface area (Å²) >= 11 is 0. The first-order chi connectivity index (χ1) is 9.16. The van der Waals surface area contributed by atoms with E-state index >= 15 is 0 Å². The lowest BCUT2D eigenvalue weighted by Gasteiger charge is -2.07. The standard InChI is InChI=1S/C14H14N2O3/c17-13-11-6-1-2-7-12(11)15-16(13)10-5-3-4-9(8-10)14(18)19/h3-5,8,15H,1-2,6-7H2,(H,18,19)/p-1. The molecule has 0 bridgehead atoms. The van der Waals surface area contributed by atoms with E-state index in [-0.39, 0.29) is 11.1 Å². The van der Waals surface area contributed by atoms with E-state index in [2.05, 4.69) is 5.10 Å². The van der Waals surface area contributed by atoms with Gasteiger partial charge in [0.05, 0.1) is 11.7 Å². The molecule has 98 valence electrons. The van der Waals surface area contributed by atoms with Gasteiger partial charge in [-0.15, -0.1) is 0 Å². The Bertz CT molecular complexity index is 697. The van der Waals surface area contributed by atoms with Crippen LogP contribution in [-0.4, -0.2) is 15.7 Å². The lowest BCUT2D eigenvalue weighted by atomic mass is 9.98. The van der Waals surface area contributed by atoms with Gasteiger partial charge in [0.25, 0.3) is 5.56 Å². The molecule has 5 heteroatoms. The molecule has 5 nitrogen and oxygen atoms in total. The SMILES string of the molecule is O=C([O-])c1cccc(-n2[nH]c3c(c2=O)CCCC3)c1. The number of benzene rings is 1. The minimum atomic E-state index is -1.24. The van der Waals surface area contributed by atoms with Gasteiger partial charge in [0.1, 0.15) is 0 Å². The van der Waals surface area contributed by atoms with Gasteiger partial charge < -0.3 is 9.90 Å². The number of H-pyrrole nitrogens is 1. The molecule has 1 aromatic carbocycles. The van der Waals surface area contributed by atoms with Gasteiger partial charge in [-0.05, 0) is 43.4 Å². The van der Waals surface area contributed by atoms with E-state index in [1.165, 1.54) is 16.8 Å². The lowest BCUT2D eigenvalue weighted by Crippen LogP contribution is -2.23. The van der Waals surface area contributed by atoms with Crippen LogP contribution in [0.4, 0.5) is 0 Å². The molecule has 1 aliphatic rings. The number of rotatable bonds is 2. The first-order valence-corrected chi connectivity index (χ1v) is 6.31. The summed E-state index contributed by atoms with van der Waals surface area (Å²) < 4.78 is 1.42. The topological polar surface area (TPSA) is 77.9 Å². The van der Waals surface area contributed by atoms with Crippen LogP contribution in [0.1, 0.15) is 34.5 Å². The molecule has 0 amide bonds. The largest absolute Gasteiger partial charge is 0.545 e. The minimum Gasteiger partial charge on any atom is -0.545 e. The smallest absolute Gasteiger partial charge is 0.274 e. The number of aromatic amines is 1. The van der Waals surface area contributed by atoms with Crippen molar-refractivity contribution in [3.63, 3.8) is 0 Å². The zero-order chi connectivity index (χ0) is 13.4. The number of carbonyl (C=O) groups is 1. The number of aryl methyl sites for hydroxylation is 1. The Labute approximate surface area is 109 Å². The van der Waals surface area contributed by atoms with E-state index in [4.69, 9.17) is 0 Å². The zero-order valence-electron chi connectivity index (χ0n) is 10.3. The summed E-state index contributed by atoms with van der Waals surface area (Å²) in [6, 6.07) is 6.20. The van der Waals surface area contributed by atoms with Crippen molar-refractivity contribution < 1.29 is 9.90 Å². The number of aromatic nitrogens is 2. The molecule has 0 fully saturated rings. The summed E-state index contributed by atoms with van der Waals surface area (Å²) in [6.07, 6.45) is 3.76. The monoisotopic (exact) mass is 257 g/mol. The predicted octanol–water partition coefficient (Wildman–Crippen LogP) is 0.408. The third-order valence-electron chi connectivity index (χ3n) is 3.52. The maximum atomic E-state index is 12.3. The fourth-order valence-corrected chi connectivity index (χ4v) is 2.54. The highest BCUT2D eigenvalue weighted by Gasteiger charge is 2.18. The molecular formula is C14H13N2O3-. The fourth-order valence-electron chi connectivity index (χ4n) is 2.54. The van der Waals surface area contributed by atoms with Crippen LogP contribution in [0.5, 0.6) is 0 Å². The molecule has 1 N–H and O–H groups in total. The highest BCUT2D eigenvalue weighted by molar-refractivity contribution is 5.86. The number of carboxylic acid groups (broad SMARTS) is 1. The van der Waals surface area contributed by atoms with Crippen LogP contribution >= 0.6 is 0 Å². The second kappa shape index (κ2) is 4.42. The van der Waals surface area contributed by atoms with E-state index in [1.807, 2.05) is 0 Å². The maximum absolute atomic E-state index is 12.3. The van der Waals surface area contributed by atoms with Crippen molar-refractivity contribution in [1.82, 2.24) is 9.78 Å². The molecule has 0 radical (unpaired) electrons. The summed E-state index contributed by atoms with van der Waals surface area (Å²) in [5.74, 6) is -1.24. The van der Waals surface area contributed by atoms with Gasteiger partial charge in [0.15, 0.2) is 0 Å². The van der Waals surface area contributed by atoms with Gasteiger partial charge in [-0.2, -0.15) is 0 Å². The number of aromatic carboxylic acids is 1. The molecule has 0 saturated heterocycles. The first kappa shape index (κ1) is 11.8. The van der Waals surface area contributed by atoms with Gasteiger partial charge in [-0.3, -0.25) is 9.89 Å². The Morgan fingerprint density at radius 2 is 2.05 bits per heavy atom. The number of carboxylic acids is 1. The number of nitrogens with one attached hydrogen (secondary N) is 1. The number of hydrogen-bond acceptors (Lipinski definition) is 3. The van der Waals surface area contributed by atoms with E-state index in [1.54, 1.807) is 12.1 Å². The van der Waals surface area contributed by atoms with Crippen LogP contribution in [0, 0.1) is 0 Å². The highest BCUT2D eigenvalue weighted by Crippen LogP contribution is 2.18. The van der Waals surface area contributed by atoms with E-state index in [0.29, 0.717) is 5.69 Å². The molecule has 1 heterocycles. The number of hydrogen-bond donors (Lipinski definition) is 1. The summed E-state index contributed by atoms with van der Waals surface area (Å²) in [5.41, 5.74) is 2.31. The van der Waals surface area contributed by atoms with E-state index in [0.717, 1.165) is 36.9 Å². The summed E-state index contributed by atoms with van der Waals surface area (Å²) in [6.45, 7) is 0. The lowest BCUT2D eigenvalue weighted by molar-refractivity contribution is -0.255. The quantitative estimate of drug-likeness (QED) is 0.846. The van der Waals surface area contributed by atoms with Crippen LogP contribution in [0.2, 0.25) is 0 Å². The zero-order valence-corrected chi connectivity index (χ0v) is 10.3. The normalized spacial score (nSPS) is 14.1. The molecule has 0 unspecified atom stereocenters. The van der Waals surface area contributed by atoms with E-state index < -0.39 is 5.97 Å². The van der Waals surface area contributed by atoms with Gasteiger partial charge in [-0.1, -0.05) is 12.1 Å². The Morgan fingerprint density at radius 3 is 2.79 bits per heavy atom. The molecular weight excluding hydrogens is 244 g/mol. The predicted molar refractivity (Wildman–Crippen MR) is 67.4 cm³/mol. The van der Waals surface area contributed by atoms with Crippen molar-refractivity contribution >= 4 is 5.97 Å². The molecule has 0 atom stereocenters. The molecule has 0 spiro atoms. The maximum Gasteiger partial charge on any atom is 0.274 e. The molecule has 19 heavy (non-hydrogen) atoms. The third-order valence-corrected chi connectivity index (χ3v) is 3.52. The molecule has 0 aliphatic heterocycles. The Hall–Kier alpha value is -2.30. The summed E-state index contributed by atoms with van der Waals surface area (Å²) in [5, 5.41) is 13.9. The second-order valence-corrected chi connectivity index (χ2v) is 4.75. The van der Waals surface area contributed by atoms with Crippen LogP contribution in [0.15, 0.2) is 29.1 Å². The van der Waals surface area contributed by atoms with Gasteiger partial charge in [0.2, 0.25) is 0 Å². The van der Waals surface area contributed by atoms with Gasteiger partial charge in [0, 0.05) is 11.3 Å². The van der Waals surface area contributed by atoms with Crippen molar-refractivity contribution in [2.24, 2.45) is 0 Å². The van der Waals surface area contributed by atoms with Gasteiger partial charge in [-0.25, -0.2) is 4.68 Å². The van der Waals surface area contributed by atoms with Crippen LogP contribution < -0.4 is 10.7 Å². The average Bonchev–Trinajstić information content (AvgIpc) is 2.77. The van der Waals surface area contributed by atoms with E-state index in [9.17, 15) is 14.7 Å². The second-order valence-electron chi connectivity index (χ2n) is 4.75. The molecule has 1 aliphatic carbocycles. The Kier molecular flexibility index (Phi) is 2.74. The average molecular weight is 257 g/mol. The Morgan fingerprint density at radius 1 is 1.26 bits per heavy atom. The Balaban J connectivity index is 2.12. The first-order valence-electron chi connectivity index (χ1n) is 6.31. The summed E-state index contributed by atoms with van der Waals surface area (Å²) in [4.78, 5) is 23.1. The van der Waals surface area contributed by atoms with Crippen molar-refractivity contribution in [1.29, 1.82) is 0 Å². The number of fused-ring (bicyclic) bond motifs is 1. The summed E-state index contributed by atoms with van der Waals surface area (Å²) in [7, 11) is 0. The molecule has 2 aromatic rings. The fraction of sp³-hybridized carbons (Fsp3) is 0.286. The number of carbonyl (C=O) groups excluding carboxylic acids is 1. The van der Waals surface area contributed by atoms with Crippen LogP contribution in [0.3, 0.4) is 0 Å².